The van der Waals surface area contributed by atoms with E-state index in [1.54, 1.807) is 0 Å². The number of carbonyl (C=O) groups excluding carboxylic acids is 1. The highest BCUT2D eigenvalue weighted by atomic mass is 16.2. The van der Waals surface area contributed by atoms with Gasteiger partial charge in [-0.25, -0.2) is 4.79 Å². The van der Waals surface area contributed by atoms with E-state index >= 15 is 0 Å². The van der Waals surface area contributed by atoms with Gasteiger partial charge >= 0.3 is 6.03 Å². The minimum Gasteiger partial charge on any atom is -0.337 e. The van der Waals surface area contributed by atoms with Crippen molar-refractivity contribution in [3.8, 4) is 0 Å². The number of rotatable bonds is 7. The quantitative estimate of drug-likeness (QED) is 0.828. The molecule has 0 aliphatic carbocycles. The Balaban J connectivity index is 1.59. The fraction of sp³-hybridized carbons (Fsp3) is 0.611. The Bertz CT molecular complexity index is 455. The molecule has 23 heavy (non-hydrogen) atoms. The summed E-state index contributed by atoms with van der Waals surface area (Å²) >= 11 is 0. The first kappa shape index (κ1) is 17.8. The van der Waals surface area contributed by atoms with E-state index in [9.17, 15) is 4.79 Å². The Morgan fingerprint density at radius 3 is 2.48 bits per heavy atom. The van der Waals surface area contributed by atoms with Gasteiger partial charge in [0.05, 0.1) is 0 Å². The summed E-state index contributed by atoms with van der Waals surface area (Å²) in [6.07, 6.45) is 2.31. The number of amides is 2. The average Bonchev–Trinajstić information content (AvgIpc) is 2.56. The molecular weight excluding hydrogens is 288 g/mol. The SMILES string of the molecule is CN(C)CCNC(=O)N1CCN(CCCc2ccccc2)CC1. The highest BCUT2D eigenvalue weighted by molar-refractivity contribution is 5.74. The van der Waals surface area contributed by atoms with Crippen LogP contribution in [0.25, 0.3) is 0 Å². The summed E-state index contributed by atoms with van der Waals surface area (Å²) in [7, 11) is 4.03. The molecule has 2 amide bonds. The minimum absolute atomic E-state index is 0.0794. The number of aryl methyl sites for hydroxylation is 1. The Morgan fingerprint density at radius 1 is 1.13 bits per heavy atom. The first-order chi connectivity index (χ1) is 11.1. The zero-order valence-corrected chi connectivity index (χ0v) is 14.5. The van der Waals surface area contributed by atoms with E-state index in [1.807, 2.05) is 19.0 Å². The van der Waals surface area contributed by atoms with E-state index < -0.39 is 0 Å². The second kappa shape index (κ2) is 9.53. The van der Waals surface area contributed by atoms with Gasteiger partial charge < -0.3 is 15.1 Å². The van der Waals surface area contributed by atoms with Gasteiger partial charge in [-0.3, -0.25) is 4.90 Å². The van der Waals surface area contributed by atoms with Crippen LogP contribution >= 0.6 is 0 Å². The van der Waals surface area contributed by atoms with Crippen LogP contribution in [0.4, 0.5) is 4.79 Å². The molecule has 1 N–H and O–H groups in total. The van der Waals surface area contributed by atoms with E-state index in [0.29, 0.717) is 6.54 Å². The molecule has 0 atom stereocenters. The van der Waals surface area contributed by atoms with Gasteiger partial charge in [0.2, 0.25) is 0 Å². The number of carbonyl (C=O) groups is 1. The molecule has 0 saturated carbocycles. The highest BCUT2D eigenvalue weighted by Gasteiger charge is 2.20. The number of nitrogens with zero attached hydrogens (tertiary/aromatic N) is 3. The predicted molar refractivity (Wildman–Crippen MR) is 94.7 cm³/mol. The van der Waals surface area contributed by atoms with Crippen molar-refractivity contribution in [1.29, 1.82) is 0 Å². The molecule has 1 heterocycles. The Morgan fingerprint density at radius 2 is 1.83 bits per heavy atom. The Hall–Kier alpha value is -1.59. The maximum atomic E-state index is 12.1. The van der Waals surface area contributed by atoms with Gasteiger partial charge in [-0.05, 0) is 39.0 Å². The normalized spacial score (nSPS) is 15.9. The molecule has 1 aliphatic rings. The van der Waals surface area contributed by atoms with E-state index in [4.69, 9.17) is 0 Å². The van der Waals surface area contributed by atoms with Crippen molar-refractivity contribution in [3.63, 3.8) is 0 Å². The van der Waals surface area contributed by atoms with Crippen LogP contribution in [0.15, 0.2) is 30.3 Å². The summed E-state index contributed by atoms with van der Waals surface area (Å²) < 4.78 is 0. The van der Waals surface area contributed by atoms with Gasteiger partial charge in [0.25, 0.3) is 0 Å². The number of hydrogen-bond acceptors (Lipinski definition) is 3. The number of likely N-dealkylation sites (N-methyl/N-ethyl adjacent to an activating group) is 1. The van der Waals surface area contributed by atoms with Crippen LogP contribution in [0.3, 0.4) is 0 Å². The molecule has 128 valence electrons. The summed E-state index contributed by atoms with van der Waals surface area (Å²) in [6, 6.07) is 10.7. The van der Waals surface area contributed by atoms with Gasteiger partial charge in [-0.1, -0.05) is 30.3 Å². The summed E-state index contributed by atoms with van der Waals surface area (Å²) in [6.45, 7) is 6.34. The molecule has 1 saturated heterocycles. The third-order valence-electron chi connectivity index (χ3n) is 4.28. The molecule has 0 unspecified atom stereocenters. The lowest BCUT2D eigenvalue weighted by Gasteiger charge is -2.34. The molecule has 2 rings (SSSR count). The fourth-order valence-corrected chi connectivity index (χ4v) is 2.82. The van der Waals surface area contributed by atoms with E-state index in [-0.39, 0.29) is 6.03 Å². The third-order valence-corrected chi connectivity index (χ3v) is 4.28. The summed E-state index contributed by atoms with van der Waals surface area (Å²) in [5.74, 6) is 0. The van der Waals surface area contributed by atoms with Crippen molar-refractivity contribution >= 4 is 6.03 Å². The van der Waals surface area contributed by atoms with E-state index in [0.717, 1.165) is 45.7 Å². The van der Waals surface area contributed by atoms with Crippen LogP contribution in [0.2, 0.25) is 0 Å². The molecule has 0 spiro atoms. The number of benzene rings is 1. The molecule has 1 fully saturated rings. The predicted octanol–water partition coefficient (Wildman–Crippen LogP) is 1.51. The minimum atomic E-state index is 0.0794. The summed E-state index contributed by atoms with van der Waals surface area (Å²) in [5, 5.41) is 2.99. The summed E-state index contributed by atoms with van der Waals surface area (Å²) in [4.78, 5) is 18.5. The average molecular weight is 318 g/mol. The van der Waals surface area contributed by atoms with Crippen LogP contribution in [0.5, 0.6) is 0 Å². The first-order valence-corrected chi connectivity index (χ1v) is 8.59. The maximum Gasteiger partial charge on any atom is 0.317 e. The van der Waals surface area contributed by atoms with Crippen molar-refractivity contribution < 1.29 is 4.79 Å². The fourth-order valence-electron chi connectivity index (χ4n) is 2.82. The highest BCUT2D eigenvalue weighted by Crippen LogP contribution is 2.06. The lowest BCUT2D eigenvalue weighted by atomic mass is 10.1. The molecule has 5 heteroatoms. The van der Waals surface area contributed by atoms with Crippen LogP contribution in [0.1, 0.15) is 12.0 Å². The Kier molecular flexibility index (Phi) is 7.36. The maximum absolute atomic E-state index is 12.1. The smallest absolute Gasteiger partial charge is 0.317 e. The van der Waals surface area contributed by atoms with Crippen LogP contribution in [-0.4, -0.2) is 80.6 Å². The lowest BCUT2D eigenvalue weighted by Crippen LogP contribution is -2.52. The zero-order chi connectivity index (χ0) is 16.5. The largest absolute Gasteiger partial charge is 0.337 e. The van der Waals surface area contributed by atoms with Crippen LogP contribution < -0.4 is 5.32 Å². The molecule has 1 aromatic rings. The van der Waals surface area contributed by atoms with Crippen molar-refractivity contribution in [2.75, 3.05) is 59.9 Å². The van der Waals surface area contributed by atoms with Gasteiger partial charge in [0, 0.05) is 39.3 Å². The van der Waals surface area contributed by atoms with Crippen LogP contribution in [-0.2, 0) is 6.42 Å². The molecule has 5 nitrogen and oxygen atoms in total. The number of piperazine rings is 1. The number of hydrogen-bond donors (Lipinski definition) is 1. The summed E-state index contributed by atoms with van der Waals surface area (Å²) in [5.41, 5.74) is 1.41. The first-order valence-electron chi connectivity index (χ1n) is 8.59. The van der Waals surface area contributed by atoms with Crippen molar-refractivity contribution in [2.45, 2.75) is 12.8 Å². The molecule has 1 aliphatic heterocycles. The van der Waals surface area contributed by atoms with Crippen molar-refractivity contribution in [1.82, 2.24) is 20.0 Å². The second-order valence-corrected chi connectivity index (χ2v) is 6.45. The number of urea groups is 1. The molecule has 1 aromatic carbocycles. The van der Waals surface area contributed by atoms with Crippen LogP contribution in [0, 0.1) is 0 Å². The second-order valence-electron chi connectivity index (χ2n) is 6.45. The number of nitrogens with one attached hydrogen (secondary N) is 1. The molecule has 0 radical (unpaired) electrons. The van der Waals surface area contributed by atoms with E-state index in [1.165, 1.54) is 12.0 Å². The molecule has 0 bridgehead atoms. The molecule has 0 aromatic heterocycles. The monoisotopic (exact) mass is 318 g/mol. The van der Waals surface area contributed by atoms with Gasteiger partial charge in [-0.15, -0.1) is 0 Å². The van der Waals surface area contributed by atoms with Gasteiger partial charge in [0.1, 0.15) is 0 Å². The topological polar surface area (TPSA) is 38.8 Å². The lowest BCUT2D eigenvalue weighted by molar-refractivity contribution is 0.138. The van der Waals surface area contributed by atoms with Gasteiger partial charge in [0.15, 0.2) is 0 Å². The van der Waals surface area contributed by atoms with Gasteiger partial charge in [-0.2, -0.15) is 0 Å². The molecular formula is C18H30N4O. The third kappa shape index (κ3) is 6.59. The zero-order valence-electron chi connectivity index (χ0n) is 14.5. The van der Waals surface area contributed by atoms with E-state index in [2.05, 4.69) is 45.4 Å². The standard InChI is InChI=1S/C18H30N4O/c1-20(2)12-10-19-18(23)22-15-13-21(14-16-22)11-6-9-17-7-4-3-5-8-17/h3-5,7-8H,6,9-16H2,1-2H3,(H,19,23). The van der Waals surface area contributed by atoms with Crippen molar-refractivity contribution in [3.05, 3.63) is 35.9 Å². The van der Waals surface area contributed by atoms with Crippen molar-refractivity contribution in [2.24, 2.45) is 0 Å². The Labute approximate surface area is 140 Å².